The van der Waals surface area contributed by atoms with Gasteiger partial charge in [-0.25, -0.2) is 0 Å². The summed E-state index contributed by atoms with van der Waals surface area (Å²) in [6.07, 6.45) is -3.63. The van der Waals surface area contributed by atoms with E-state index in [2.05, 4.69) is 36.4 Å². The Bertz CT molecular complexity index is 1640. The Kier molecular flexibility index (Phi) is 11.1. The molecule has 9 heteroatoms. The SMILES string of the molecule is CO[C@@H]1[C@H](OCc2ccccc2)[C@@H](OC)[C@H](Oc2ccc([N+](=O)[O-])cc2)O[C@@H]1COC(c1ccccc1)(c1ccccc1)c1ccccc1. The van der Waals surface area contributed by atoms with Crippen LogP contribution in [-0.4, -0.2) is 56.5 Å². The second-order valence-electron chi connectivity index (χ2n) is 11.7. The van der Waals surface area contributed by atoms with Crippen LogP contribution < -0.4 is 4.74 Å². The fourth-order valence-corrected chi connectivity index (χ4v) is 6.35. The summed E-state index contributed by atoms with van der Waals surface area (Å²) >= 11 is 0. The first-order chi connectivity index (χ1) is 24.0. The molecule has 0 unspecified atom stereocenters. The molecule has 0 N–H and O–H groups in total. The molecule has 1 aliphatic rings. The number of nitro groups is 1. The first-order valence-corrected chi connectivity index (χ1v) is 16.1. The summed E-state index contributed by atoms with van der Waals surface area (Å²) in [5.41, 5.74) is 2.77. The van der Waals surface area contributed by atoms with E-state index in [1.165, 1.54) is 24.3 Å². The van der Waals surface area contributed by atoms with E-state index >= 15 is 0 Å². The highest BCUT2D eigenvalue weighted by molar-refractivity contribution is 5.47. The highest BCUT2D eigenvalue weighted by Gasteiger charge is 2.50. The van der Waals surface area contributed by atoms with Gasteiger partial charge in [-0.1, -0.05) is 121 Å². The number of nitrogens with zero attached hydrogens (tertiary/aromatic N) is 1. The van der Waals surface area contributed by atoms with Crippen molar-refractivity contribution >= 4 is 5.69 Å². The van der Waals surface area contributed by atoms with Crippen molar-refractivity contribution < 1.29 is 33.3 Å². The van der Waals surface area contributed by atoms with E-state index in [1.807, 2.05) is 84.9 Å². The lowest BCUT2D eigenvalue weighted by atomic mass is 9.80. The lowest BCUT2D eigenvalue weighted by Gasteiger charge is -2.46. The van der Waals surface area contributed by atoms with Gasteiger partial charge in [0.1, 0.15) is 35.8 Å². The molecule has 0 amide bonds. The minimum Gasteiger partial charge on any atom is -0.462 e. The third kappa shape index (κ3) is 7.57. The number of methoxy groups -OCH3 is 2. The van der Waals surface area contributed by atoms with Crippen LogP contribution in [0.5, 0.6) is 5.75 Å². The minimum atomic E-state index is -1.00. The molecule has 0 saturated carbocycles. The summed E-state index contributed by atoms with van der Waals surface area (Å²) in [7, 11) is 3.18. The summed E-state index contributed by atoms with van der Waals surface area (Å²) in [5, 5.41) is 11.3. The number of ether oxygens (including phenoxy) is 6. The Hall–Kier alpha value is -4.90. The average molecular weight is 662 g/mol. The molecule has 9 nitrogen and oxygen atoms in total. The lowest BCUT2D eigenvalue weighted by Crippen LogP contribution is -2.62. The number of hydrogen-bond donors (Lipinski definition) is 0. The Balaban J connectivity index is 1.37. The van der Waals surface area contributed by atoms with Crippen molar-refractivity contribution in [3.8, 4) is 5.75 Å². The number of non-ortho nitro benzene ring substituents is 1. The van der Waals surface area contributed by atoms with Crippen LogP contribution in [0.4, 0.5) is 5.69 Å². The van der Waals surface area contributed by atoms with E-state index in [1.54, 1.807) is 14.2 Å². The van der Waals surface area contributed by atoms with E-state index in [-0.39, 0.29) is 12.3 Å². The Morgan fingerprint density at radius 3 is 1.61 bits per heavy atom. The zero-order chi connectivity index (χ0) is 34.1. The summed E-state index contributed by atoms with van der Waals surface area (Å²) in [6, 6.07) is 46.0. The second kappa shape index (κ2) is 16.0. The maximum Gasteiger partial charge on any atom is 0.269 e. The van der Waals surface area contributed by atoms with Gasteiger partial charge in [0.15, 0.2) is 0 Å². The van der Waals surface area contributed by atoms with Crippen LogP contribution in [0.2, 0.25) is 0 Å². The maximum atomic E-state index is 11.3. The van der Waals surface area contributed by atoms with Crippen LogP contribution in [-0.2, 0) is 35.9 Å². The molecule has 49 heavy (non-hydrogen) atoms. The van der Waals surface area contributed by atoms with Crippen LogP contribution in [0.3, 0.4) is 0 Å². The van der Waals surface area contributed by atoms with Crippen LogP contribution in [0.1, 0.15) is 22.3 Å². The molecule has 1 heterocycles. The van der Waals surface area contributed by atoms with Crippen molar-refractivity contribution in [3.63, 3.8) is 0 Å². The summed E-state index contributed by atoms with van der Waals surface area (Å²) in [5.74, 6) is 0.377. The molecule has 0 bridgehead atoms. The first-order valence-electron chi connectivity index (χ1n) is 16.1. The summed E-state index contributed by atoms with van der Waals surface area (Å²) < 4.78 is 38.8. The zero-order valence-corrected chi connectivity index (χ0v) is 27.4. The topological polar surface area (TPSA) is 98.5 Å². The third-order valence-corrected chi connectivity index (χ3v) is 8.73. The fraction of sp³-hybridized carbons (Fsp3) is 0.250. The van der Waals surface area contributed by atoms with Crippen molar-refractivity contribution in [2.75, 3.05) is 20.8 Å². The molecule has 6 rings (SSSR count). The molecule has 1 fully saturated rings. The molecule has 1 saturated heterocycles. The maximum absolute atomic E-state index is 11.3. The lowest BCUT2D eigenvalue weighted by molar-refractivity contribution is -0.384. The van der Waals surface area contributed by atoms with Gasteiger partial charge >= 0.3 is 0 Å². The molecule has 0 spiro atoms. The van der Waals surface area contributed by atoms with Gasteiger partial charge in [-0.15, -0.1) is 0 Å². The second-order valence-corrected chi connectivity index (χ2v) is 11.7. The minimum absolute atomic E-state index is 0.0472. The number of benzene rings is 5. The van der Waals surface area contributed by atoms with Crippen molar-refractivity contribution in [1.29, 1.82) is 0 Å². The Morgan fingerprint density at radius 2 is 1.14 bits per heavy atom. The third-order valence-electron chi connectivity index (χ3n) is 8.73. The predicted molar refractivity (Wildman–Crippen MR) is 184 cm³/mol. The molecular formula is C40H39NO8. The van der Waals surface area contributed by atoms with Crippen LogP contribution in [0, 0.1) is 10.1 Å². The van der Waals surface area contributed by atoms with E-state index in [0.717, 1.165) is 22.3 Å². The monoisotopic (exact) mass is 661 g/mol. The quantitative estimate of drug-likeness (QED) is 0.0694. The van der Waals surface area contributed by atoms with Gasteiger partial charge in [-0.2, -0.15) is 0 Å². The molecular weight excluding hydrogens is 622 g/mol. The highest BCUT2D eigenvalue weighted by Crippen LogP contribution is 2.41. The summed E-state index contributed by atoms with van der Waals surface area (Å²) in [4.78, 5) is 10.8. The van der Waals surface area contributed by atoms with Crippen molar-refractivity contribution in [1.82, 2.24) is 0 Å². The summed E-state index contributed by atoms with van der Waals surface area (Å²) in [6.45, 7) is 0.379. The molecule has 5 atom stereocenters. The van der Waals surface area contributed by atoms with E-state index in [9.17, 15) is 10.1 Å². The van der Waals surface area contributed by atoms with Crippen LogP contribution in [0.25, 0.3) is 0 Å². The molecule has 252 valence electrons. The standard InChI is InChI=1S/C40H39NO8/c1-44-36-35(28-47-40(30-17-9-4-10-18-30,31-19-11-5-12-20-31)32-21-13-6-14-22-32)49-39(48-34-25-23-33(24-26-34)41(42)43)38(45-2)37(36)46-27-29-15-7-3-8-16-29/h3-26,35-39H,27-28H2,1-2H3/t35-,36+,37+,38-,39-/m1/s1. The average Bonchev–Trinajstić information content (AvgIpc) is 3.16. The predicted octanol–water partition coefficient (Wildman–Crippen LogP) is 7.32. The number of rotatable bonds is 14. The Morgan fingerprint density at radius 1 is 0.653 bits per heavy atom. The van der Waals surface area contributed by atoms with Gasteiger partial charge in [0.05, 0.1) is 18.1 Å². The van der Waals surface area contributed by atoms with Crippen molar-refractivity contribution in [2.24, 2.45) is 0 Å². The van der Waals surface area contributed by atoms with E-state index in [4.69, 9.17) is 28.4 Å². The normalized spacial score (nSPS) is 20.8. The highest BCUT2D eigenvalue weighted by atomic mass is 16.7. The van der Waals surface area contributed by atoms with Gasteiger partial charge in [0, 0.05) is 26.4 Å². The Labute approximate surface area is 286 Å². The van der Waals surface area contributed by atoms with E-state index < -0.39 is 41.2 Å². The first kappa shape index (κ1) is 34.0. The molecule has 0 aliphatic carbocycles. The molecule has 0 aromatic heterocycles. The van der Waals surface area contributed by atoms with Gasteiger partial charge in [-0.3, -0.25) is 10.1 Å². The van der Waals surface area contributed by atoms with Gasteiger partial charge in [0.2, 0.25) is 6.29 Å². The molecule has 1 aliphatic heterocycles. The van der Waals surface area contributed by atoms with Crippen molar-refractivity contribution in [2.45, 2.75) is 42.9 Å². The van der Waals surface area contributed by atoms with Gasteiger partial charge < -0.3 is 28.4 Å². The molecule has 5 aromatic carbocycles. The van der Waals surface area contributed by atoms with E-state index in [0.29, 0.717) is 12.4 Å². The largest absolute Gasteiger partial charge is 0.462 e. The number of nitro benzene ring substituents is 1. The smallest absolute Gasteiger partial charge is 0.269 e. The van der Waals surface area contributed by atoms with Crippen molar-refractivity contribution in [3.05, 3.63) is 178 Å². The van der Waals surface area contributed by atoms with Gasteiger partial charge in [-0.05, 0) is 34.4 Å². The number of hydrogen-bond acceptors (Lipinski definition) is 8. The fourth-order valence-electron chi connectivity index (χ4n) is 6.35. The van der Waals surface area contributed by atoms with Crippen LogP contribution in [0.15, 0.2) is 146 Å². The zero-order valence-electron chi connectivity index (χ0n) is 27.4. The van der Waals surface area contributed by atoms with Crippen LogP contribution >= 0.6 is 0 Å². The van der Waals surface area contributed by atoms with Gasteiger partial charge in [0.25, 0.3) is 5.69 Å². The molecule has 5 aromatic rings. The molecule has 0 radical (unpaired) electrons.